The molecule has 0 aromatic carbocycles. The Bertz CT molecular complexity index is 156. The molecule has 1 nitrogen and oxygen atoms in total. The van der Waals surface area contributed by atoms with E-state index in [0.29, 0.717) is 6.92 Å². The van der Waals surface area contributed by atoms with Gasteiger partial charge in [-0.1, -0.05) is 6.92 Å². The zero-order valence-corrected chi connectivity index (χ0v) is 7.34. The SMILES string of the molecule is C=C.CCC(O)(C(F)(F)F)C(F)(F)F. The lowest BCUT2D eigenvalue weighted by molar-refractivity contribution is -0.368. The molecule has 0 atom stereocenters. The van der Waals surface area contributed by atoms with Gasteiger partial charge in [-0.3, -0.25) is 0 Å². The highest BCUT2D eigenvalue weighted by atomic mass is 19.4. The second kappa shape index (κ2) is 4.68. The summed E-state index contributed by atoms with van der Waals surface area (Å²) in [6, 6.07) is 0. The van der Waals surface area contributed by atoms with E-state index < -0.39 is 24.4 Å². The van der Waals surface area contributed by atoms with E-state index in [9.17, 15) is 26.3 Å². The molecule has 0 aromatic heterocycles. The molecule has 14 heavy (non-hydrogen) atoms. The largest absolute Gasteiger partial charge is 0.426 e. The lowest BCUT2D eigenvalue weighted by Crippen LogP contribution is -2.56. The van der Waals surface area contributed by atoms with E-state index in [1.807, 2.05) is 0 Å². The van der Waals surface area contributed by atoms with Gasteiger partial charge in [0.15, 0.2) is 0 Å². The molecule has 7 heteroatoms. The van der Waals surface area contributed by atoms with Crippen molar-refractivity contribution in [2.24, 2.45) is 0 Å². The molecule has 0 amide bonds. The second-order valence-electron chi connectivity index (χ2n) is 2.21. The minimum absolute atomic E-state index is 0.612. The van der Waals surface area contributed by atoms with Crippen molar-refractivity contribution < 1.29 is 31.4 Å². The third-order valence-corrected chi connectivity index (χ3v) is 1.45. The van der Waals surface area contributed by atoms with Gasteiger partial charge in [-0.05, 0) is 6.42 Å². The molecule has 0 aromatic rings. The van der Waals surface area contributed by atoms with Gasteiger partial charge in [-0.25, -0.2) is 0 Å². The Morgan fingerprint density at radius 3 is 1.14 bits per heavy atom. The van der Waals surface area contributed by atoms with Crippen molar-refractivity contribution >= 4 is 0 Å². The Kier molecular flexibility index (Phi) is 5.26. The zero-order chi connectivity index (χ0) is 12.2. The summed E-state index contributed by atoms with van der Waals surface area (Å²) in [7, 11) is 0. The molecule has 0 aliphatic carbocycles. The van der Waals surface area contributed by atoms with Gasteiger partial charge in [-0.2, -0.15) is 26.3 Å². The second-order valence-corrected chi connectivity index (χ2v) is 2.21. The first-order valence-electron chi connectivity index (χ1n) is 3.42. The number of halogens is 6. The van der Waals surface area contributed by atoms with E-state index in [1.165, 1.54) is 0 Å². The highest BCUT2D eigenvalue weighted by Gasteiger charge is 2.69. The number of aliphatic hydroxyl groups is 1. The Balaban J connectivity index is 0. The van der Waals surface area contributed by atoms with Crippen LogP contribution in [0.4, 0.5) is 26.3 Å². The van der Waals surface area contributed by atoms with Crippen LogP contribution in [0.2, 0.25) is 0 Å². The van der Waals surface area contributed by atoms with E-state index in [4.69, 9.17) is 5.11 Å². The average molecular weight is 224 g/mol. The van der Waals surface area contributed by atoms with Crippen LogP contribution < -0.4 is 0 Å². The van der Waals surface area contributed by atoms with Gasteiger partial charge in [-0.15, -0.1) is 13.2 Å². The van der Waals surface area contributed by atoms with Crippen LogP contribution in [-0.4, -0.2) is 23.1 Å². The normalized spacial score (nSPS) is 13.1. The van der Waals surface area contributed by atoms with Crippen LogP contribution in [0.5, 0.6) is 0 Å². The van der Waals surface area contributed by atoms with Crippen molar-refractivity contribution in [3.63, 3.8) is 0 Å². The monoisotopic (exact) mass is 224 g/mol. The fraction of sp³-hybridized carbons (Fsp3) is 0.714. The van der Waals surface area contributed by atoms with Crippen molar-refractivity contribution in [2.75, 3.05) is 0 Å². The molecule has 1 N–H and O–H groups in total. The molecule has 0 saturated carbocycles. The summed E-state index contributed by atoms with van der Waals surface area (Å²) in [5, 5.41) is 8.24. The Hall–Kier alpha value is -0.720. The van der Waals surface area contributed by atoms with Crippen LogP contribution in [0.1, 0.15) is 13.3 Å². The third kappa shape index (κ3) is 2.90. The number of alkyl halides is 6. The summed E-state index contributed by atoms with van der Waals surface area (Å²) in [4.78, 5) is 0. The lowest BCUT2D eigenvalue weighted by Gasteiger charge is -2.30. The molecule has 0 rings (SSSR count). The molecule has 0 unspecified atom stereocenters. The highest BCUT2D eigenvalue weighted by molar-refractivity contribution is 4.92. The molecule has 0 spiro atoms. The Labute approximate surface area is 77.0 Å². The molecule has 0 radical (unpaired) electrons. The molecular weight excluding hydrogens is 214 g/mol. The Morgan fingerprint density at radius 1 is 0.929 bits per heavy atom. The van der Waals surface area contributed by atoms with Gasteiger partial charge >= 0.3 is 12.4 Å². The maximum absolute atomic E-state index is 11.6. The lowest BCUT2D eigenvalue weighted by atomic mass is 10.00. The molecule has 0 bridgehead atoms. The van der Waals surface area contributed by atoms with Crippen molar-refractivity contribution in [1.29, 1.82) is 0 Å². The van der Waals surface area contributed by atoms with Gasteiger partial charge in [0.25, 0.3) is 5.60 Å². The minimum Gasteiger partial charge on any atom is -0.374 e. The summed E-state index contributed by atoms with van der Waals surface area (Å²) in [5.41, 5.74) is -4.58. The van der Waals surface area contributed by atoms with Crippen LogP contribution in [0.15, 0.2) is 13.2 Å². The Morgan fingerprint density at radius 2 is 1.14 bits per heavy atom. The predicted octanol–water partition coefficient (Wildman–Crippen LogP) is 3.05. The van der Waals surface area contributed by atoms with Crippen LogP contribution in [0.3, 0.4) is 0 Å². The zero-order valence-electron chi connectivity index (χ0n) is 7.34. The van der Waals surface area contributed by atoms with Crippen LogP contribution in [0.25, 0.3) is 0 Å². The van der Waals surface area contributed by atoms with Gasteiger partial charge in [0.05, 0.1) is 0 Å². The summed E-state index contributed by atoms with van der Waals surface area (Å²) >= 11 is 0. The van der Waals surface area contributed by atoms with E-state index in [1.54, 1.807) is 0 Å². The molecule has 86 valence electrons. The summed E-state index contributed by atoms with van der Waals surface area (Å²) < 4.78 is 69.8. The van der Waals surface area contributed by atoms with Crippen LogP contribution in [0, 0.1) is 0 Å². The first-order chi connectivity index (χ1) is 6.06. The van der Waals surface area contributed by atoms with Crippen molar-refractivity contribution in [1.82, 2.24) is 0 Å². The van der Waals surface area contributed by atoms with Gasteiger partial charge in [0.1, 0.15) is 0 Å². The van der Waals surface area contributed by atoms with E-state index >= 15 is 0 Å². The van der Waals surface area contributed by atoms with Crippen molar-refractivity contribution in [3.05, 3.63) is 13.2 Å². The van der Waals surface area contributed by atoms with Crippen LogP contribution >= 0.6 is 0 Å². The summed E-state index contributed by atoms with van der Waals surface area (Å²) in [5.74, 6) is 0. The molecule has 0 heterocycles. The van der Waals surface area contributed by atoms with E-state index in [0.717, 1.165) is 0 Å². The standard InChI is InChI=1S/C5H6F6O.C2H4/c1-2-3(12,4(6,7)8)5(9,10)11;1-2/h12H,2H2,1H3;1-2H2. The average Bonchev–Trinajstić information content (AvgIpc) is 2.02. The van der Waals surface area contributed by atoms with Crippen molar-refractivity contribution in [3.8, 4) is 0 Å². The maximum atomic E-state index is 11.6. The number of hydrogen-bond donors (Lipinski definition) is 1. The fourth-order valence-corrected chi connectivity index (χ4v) is 0.562. The van der Waals surface area contributed by atoms with Gasteiger partial charge in [0.2, 0.25) is 0 Å². The molecular formula is C7H10F6O. The summed E-state index contributed by atoms with van der Waals surface area (Å²) in [6.07, 6.45) is -12.8. The quantitative estimate of drug-likeness (QED) is 0.536. The first kappa shape index (κ1) is 15.7. The van der Waals surface area contributed by atoms with E-state index in [2.05, 4.69) is 13.2 Å². The molecule has 0 saturated heterocycles. The topological polar surface area (TPSA) is 20.2 Å². The van der Waals surface area contributed by atoms with Crippen LogP contribution in [-0.2, 0) is 0 Å². The molecule has 0 fully saturated rings. The molecule has 0 aliphatic rings. The highest BCUT2D eigenvalue weighted by Crippen LogP contribution is 2.44. The van der Waals surface area contributed by atoms with Crippen molar-refractivity contribution in [2.45, 2.75) is 31.3 Å². The first-order valence-corrected chi connectivity index (χ1v) is 3.42. The smallest absolute Gasteiger partial charge is 0.374 e. The van der Waals surface area contributed by atoms with E-state index in [-0.39, 0.29) is 0 Å². The van der Waals surface area contributed by atoms with Gasteiger partial charge < -0.3 is 5.11 Å². The summed E-state index contributed by atoms with van der Waals surface area (Å²) in [6.45, 7) is 6.61. The molecule has 0 aliphatic heterocycles. The third-order valence-electron chi connectivity index (χ3n) is 1.45. The predicted molar refractivity (Wildman–Crippen MR) is 38.6 cm³/mol. The van der Waals surface area contributed by atoms with Gasteiger partial charge in [0, 0.05) is 0 Å². The number of rotatable bonds is 1. The fourth-order valence-electron chi connectivity index (χ4n) is 0.562. The minimum atomic E-state index is -5.68. The maximum Gasteiger partial charge on any atom is 0.426 e. The number of hydrogen-bond acceptors (Lipinski definition) is 1.